The van der Waals surface area contributed by atoms with Crippen molar-refractivity contribution in [1.29, 1.82) is 0 Å². The Kier molecular flexibility index (Phi) is 5.97. The van der Waals surface area contributed by atoms with Crippen molar-refractivity contribution in [2.45, 2.75) is 6.92 Å². The summed E-state index contributed by atoms with van der Waals surface area (Å²) in [5.74, 6) is 1.99. The number of aryl methyl sites for hydroxylation is 1. The number of anilines is 1. The summed E-state index contributed by atoms with van der Waals surface area (Å²) in [6, 6.07) is 20.0. The summed E-state index contributed by atoms with van der Waals surface area (Å²) in [5, 5.41) is 5.43. The van der Waals surface area contributed by atoms with Gasteiger partial charge in [-0.1, -0.05) is 41.9 Å². The molecule has 1 aliphatic heterocycles. The number of piperazine rings is 1. The predicted molar refractivity (Wildman–Crippen MR) is 128 cm³/mol. The fourth-order valence-corrected chi connectivity index (χ4v) is 4.38. The van der Waals surface area contributed by atoms with Crippen LogP contribution in [0.1, 0.15) is 5.69 Å². The molecule has 0 unspecified atom stereocenters. The van der Waals surface area contributed by atoms with E-state index in [4.69, 9.17) is 26.4 Å². The molecule has 0 saturated carbocycles. The lowest BCUT2D eigenvalue weighted by atomic mass is 10.1. The maximum Gasteiger partial charge on any atom is 0.165 e. The number of nitrogens with zero attached hydrogens (tertiary/aromatic N) is 4. The van der Waals surface area contributed by atoms with E-state index in [1.54, 1.807) is 4.90 Å². The summed E-state index contributed by atoms with van der Waals surface area (Å²) in [5.41, 5.74) is 4.13. The third kappa shape index (κ3) is 4.42. The number of hydrogen-bond donors (Lipinski definition) is 1. The second kappa shape index (κ2) is 9.18. The van der Waals surface area contributed by atoms with E-state index in [0.717, 1.165) is 71.8 Å². The summed E-state index contributed by atoms with van der Waals surface area (Å²) < 4.78 is 7.87. The Morgan fingerprint density at radius 1 is 1.03 bits per heavy atom. The maximum absolute atomic E-state index is 5.94. The Balaban J connectivity index is 1.25. The van der Waals surface area contributed by atoms with Gasteiger partial charge in [0.2, 0.25) is 0 Å². The quantitative estimate of drug-likeness (QED) is 0.492. The fourth-order valence-electron chi connectivity index (χ4n) is 4.26. The average Bonchev–Trinajstić information content (AvgIpc) is 3.25. The van der Waals surface area contributed by atoms with Crippen molar-refractivity contribution in [3.8, 4) is 16.9 Å². The Morgan fingerprint density at radius 2 is 1.78 bits per heavy atom. The molecule has 0 spiro atoms. The third-order valence-electron chi connectivity index (χ3n) is 6.00. The van der Waals surface area contributed by atoms with E-state index in [-0.39, 0.29) is 0 Å². The smallest absolute Gasteiger partial charge is 0.165 e. The molecule has 32 heavy (non-hydrogen) atoms. The van der Waals surface area contributed by atoms with E-state index in [2.05, 4.69) is 30.0 Å². The van der Waals surface area contributed by atoms with Crippen LogP contribution in [0, 0.1) is 6.92 Å². The molecule has 164 valence electrons. The van der Waals surface area contributed by atoms with E-state index < -0.39 is 0 Å². The predicted octanol–water partition coefficient (Wildman–Crippen LogP) is 3.14. The number of hydrogen-bond acceptors (Lipinski definition) is 4. The largest absolute Gasteiger partial charge is 0.488 e. The van der Waals surface area contributed by atoms with Gasteiger partial charge >= 0.3 is 0 Å². The first kappa shape index (κ1) is 20.8. The molecule has 1 aliphatic rings. The minimum Gasteiger partial charge on any atom is -0.488 e. The number of halogens is 1. The van der Waals surface area contributed by atoms with Crippen LogP contribution in [0.25, 0.3) is 16.8 Å². The maximum atomic E-state index is 5.94. The highest BCUT2D eigenvalue weighted by atomic mass is 35.5. The zero-order valence-corrected chi connectivity index (χ0v) is 18.9. The molecule has 0 aliphatic carbocycles. The van der Waals surface area contributed by atoms with Crippen LogP contribution in [0.15, 0.2) is 66.9 Å². The molecule has 7 heteroatoms. The first-order valence-electron chi connectivity index (χ1n) is 11.0. The van der Waals surface area contributed by atoms with Gasteiger partial charge in [-0.3, -0.25) is 0 Å². The van der Waals surface area contributed by atoms with E-state index in [1.165, 1.54) is 0 Å². The Hall–Kier alpha value is -3.09. The minimum absolute atomic E-state index is 0.704. The number of ether oxygens (including phenoxy) is 1. The van der Waals surface area contributed by atoms with Gasteiger partial charge in [0.15, 0.2) is 5.65 Å². The van der Waals surface area contributed by atoms with Crippen molar-refractivity contribution in [2.75, 3.05) is 44.2 Å². The Bertz CT molecular complexity index is 1180. The van der Waals surface area contributed by atoms with Crippen molar-refractivity contribution in [3.05, 3.63) is 77.6 Å². The summed E-state index contributed by atoms with van der Waals surface area (Å²) >= 11 is 5.94. The first-order chi connectivity index (χ1) is 15.7. The SMILES string of the molecule is Cc1cc(N2CC[NH+](CCOc3ccc(Cl)cc3)CC2)n2ncc(-c3ccccc3)c2n1. The van der Waals surface area contributed by atoms with Crippen molar-refractivity contribution >= 4 is 23.1 Å². The van der Waals surface area contributed by atoms with E-state index in [0.29, 0.717) is 6.61 Å². The molecule has 0 bridgehead atoms. The van der Waals surface area contributed by atoms with Crippen molar-refractivity contribution < 1.29 is 9.64 Å². The molecule has 1 fully saturated rings. The molecular weight excluding hydrogens is 422 g/mol. The van der Waals surface area contributed by atoms with Crippen LogP contribution in [0.4, 0.5) is 5.82 Å². The fraction of sp³-hybridized carbons (Fsp3) is 0.280. The summed E-state index contributed by atoms with van der Waals surface area (Å²) in [4.78, 5) is 8.78. The van der Waals surface area contributed by atoms with Crippen LogP contribution in [-0.4, -0.2) is 53.9 Å². The molecule has 1 N–H and O–H groups in total. The van der Waals surface area contributed by atoms with E-state index in [9.17, 15) is 0 Å². The molecule has 0 amide bonds. The van der Waals surface area contributed by atoms with Gasteiger partial charge in [-0.2, -0.15) is 9.61 Å². The Morgan fingerprint density at radius 3 is 2.53 bits per heavy atom. The second-order valence-electron chi connectivity index (χ2n) is 8.20. The summed E-state index contributed by atoms with van der Waals surface area (Å²) in [6.45, 7) is 7.85. The van der Waals surface area contributed by atoms with Gasteiger partial charge in [0.05, 0.1) is 32.4 Å². The molecule has 0 atom stereocenters. The third-order valence-corrected chi connectivity index (χ3v) is 6.25. The van der Waals surface area contributed by atoms with E-state index in [1.807, 2.05) is 53.2 Å². The lowest BCUT2D eigenvalue weighted by Gasteiger charge is -2.33. The molecule has 0 radical (unpaired) electrons. The number of aromatic nitrogens is 3. The summed E-state index contributed by atoms with van der Waals surface area (Å²) in [7, 11) is 0. The average molecular weight is 449 g/mol. The van der Waals surface area contributed by atoms with Crippen molar-refractivity contribution in [3.63, 3.8) is 0 Å². The van der Waals surface area contributed by atoms with E-state index >= 15 is 0 Å². The molecule has 2 aromatic carbocycles. The standard InChI is InChI=1S/C25H26ClN5O/c1-19-17-24(31-25(28-19)23(18-27-31)20-5-3-2-4-6-20)30-13-11-29(12-14-30)15-16-32-22-9-7-21(26)8-10-22/h2-10,17-18H,11-16H2,1H3/p+1. The molecule has 2 aromatic heterocycles. The molecule has 1 saturated heterocycles. The highest BCUT2D eigenvalue weighted by molar-refractivity contribution is 6.30. The lowest BCUT2D eigenvalue weighted by molar-refractivity contribution is -0.900. The highest BCUT2D eigenvalue weighted by Crippen LogP contribution is 2.27. The molecule has 3 heterocycles. The van der Waals surface area contributed by atoms with Crippen LogP contribution in [0.3, 0.4) is 0 Å². The molecule has 5 rings (SSSR count). The van der Waals surface area contributed by atoms with Gasteiger partial charge in [-0.15, -0.1) is 0 Å². The molecule has 6 nitrogen and oxygen atoms in total. The molecular formula is C25H27ClN5O+. The van der Waals surface area contributed by atoms with Crippen molar-refractivity contribution in [2.24, 2.45) is 0 Å². The summed E-state index contributed by atoms with van der Waals surface area (Å²) in [6.07, 6.45) is 1.93. The second-order valence-corrected chi connectivity index (χ2v) is 8.64. The number of benzene rings is 2. The van der Waals surface area contributed by atoms with Crippen LogP contribution < -0.4 is 14.5 Å². The zero-order valence-electron chi connectivity index (χ0n) is 18.2. The number of nitrogens with one attached hydrogen (secondary N) is 1. The van der Waals surface area contributed by atoms with Gasteiger partial charge in [-0.05, 0) is 36.8 Å². The van der Waals surface area contributed by atoms with Gasteiger partial charge < -0.3 is 14.5 Å². The van der Waals surface area contributed by atoms with Gasteiger partial charge in [-0.25, -0.2) is 4.98 Å². The number of fused-ring (bicyclic) bond motifs is 1. The van der Waals surface area contributed by atoms with Gasteiger partial charge in [0.1, 0.15) is 24.7 Å². The van der Waals surface area contributed by atoms with Gasteiger partial charge in [0.25, 0.3) is 0 Å². The lowest BCUT2D eigenvalue weighted by Crippen LogP contribution is -3.15. The monoisotopic (exact) mass is 448 g/mol. The topological polar surface area (TPSA) is 47.1 Å². The highest BCUT2D eigenvalue weighted by Gasteiger charge is 2.23. The van der Waals surface area contributed by atoms with Crippen LogP contribution in [0.2, 0.25) is 5.02 Å². The van der Waals surface area contributed by atoms with Crippen LogP contribution in [0.5, 0.6) is 5.75 Å². The van der Waals surface area contributed by atoms with Crippen LogP contribution >= 0.6 is 11.6 Å². The zero-order chi connectivity index (χ0) is 21.9. The Labute approximate surface area is 193 Å². The van der Waals surface area contributed by atoms with Crippen molar-refractivity contribution in [1.82, 2.24) is 14.6 Å². The number of rotatable bonds is 6. The number of quaternary nitrogens is 1. The minimum atomic E-state index is 0.704. The normalized spacial score (nSPS) is 14.8. The first-order valence-corrected chi connectivity index (χ1v) is 11.4. The van der Waals surface area contributed by atoms with Gasteiger partial charge in [0, 0.05) is 22.3 Å². The molecule has 4 aromatic rings. The van der Waals surface area contributed by atoms with Crippen LogP contribution in [-0.2, 0) is 0 Å².